The Labute approximate surface area is 184 Å². The van der Waals surface area contributed by atoms with Crippen LogP contribution in [-0.2, 0) is 22.6 Å². The van der Waals surface area contributed by atoms with E-state index in [9.17, 15) is 14.0 Å². The average Bonchev–Trinajstić information content (AvgIpc) is 2.63. The summed E-state index contributed by atoms with van der Waals surface area (Å²) in [6, 6.07) is 8.23. The number of carbonyl (C=O) groups excluding carboxylic acids is 2. The number of rotatable bonds is 7. The fourth-order valence-corrected chi connectivity index (χ4v) is 3.47. The van der Waals surface area contributed by atoms with Gasteiger partial charge < -0.3 is 10.2 Å². The van der Waals surface area contributed by atoms with Crippen LogP contribution in [0.5, 0.6) is 0 Å². The van der Waals surface area contributed by atoms with Gasteiger partial charge in [0.05, 0.1) is 6.42 Å². The maximum atomic E-state index is 14.2. The predicted octanol–water partition coefficient (Wildman–Crippen LogP) is 5.27. The molecule has 0 aliphatic carbocycles. The van der Waals surface area contributed by atoms with Crippen molar-refractivity contribution in [1.29, 1.82) is 0 Å². The summed E-state index contributed by atoms with van der Waals surface area (Å²) in [5.74, 6) is -1.35. The zero-order valence-electron chi connectivity index (χ0n) is 16.3. The number of benzene rings is 2. The van der Waals surface area contributed by atoms with Crippen molar-refractivity contribution in [2.45, 2.75) is 45.8 Å². The molecule has 0 spiro atoms. The molecule has 0 heterocycles. The van der Waals surface area contributed by atoms with Crippen LogP contribution in [0.15, 0.2) is 36.4 Å². The summed E-state index contributed by atoms with van der Waals surface area (Å²) < 4.78 is 14.2. The molecule has 8 heteroatoms. The normalized spacial score (nSPS) is 12.0. The first-order valence-electron chi connectivity index (χ1n) is 9.06. The molecular weight excluding hydrogens is 438 g/mol. The molecule has 156 valence electrons. The summed E-state index contributed by atoms with van der Waals surface area (Å²) in [6.45, 7) is 5.33. The molecule has 4 nitrogen and oxygen atoms in total. The largest absolute Gasteiger partial charge is 0.352 e. The van der Waals surface area contributed by atoms with E-state index >= 15 is 0 Å². The molecule has 0 saturated carbocycles. The molecule has 0 saturated heterocycles. The number of nitrogens with one attached hydrogen (secondary N) is 1. The van der Waals surface area contributed by atoms with E-state index in [1.807, 2.05) is 13.8 Å². The molecule has 0 radical (unpaired) electrons. The first-order chi connectivity index (χ1) is 13.6. The number of carbonyl (C=O) groups is 2. The zero-order valence-corrected chi connectivity index (χ0v) is 18.6. The van der Waals surface area contributed by atoms with E-state index in [1.165, 1.54) is 23.1 Å². The molecule has 0 bridgehead atoms. The molecule has 29 heavy (non-hydrogen) atoms. The molecule has 0 aliphatic rings. The van der Waals surface area contributed by atoms with Gasteiger partial charge in [-0.25, -0.2) is 4.39 Å². The number of amides is 2. The highest BCUT2D eigenvalue weighted by Gasteiger charge is 2.28. The van der Waals surface area contributed by atoms with E-state index in [0.29, 0.717) is 15.6 Å². The summed E-state index contributed by atoms with van der Waals surface area (Å²) in [5, 5.41) is 3.77. The van der Waals surface area contributed by atoms with Gasteiger partial charge in [-0.15, -0.1) is 0 Å². The number of halogens is 4. The Morgan fingerprint density at radius 3 is 2.34 bits per heavy atom. The van der Waals surface area contributed by atoms with Crippen molar-refractivity contribution in [1.82, 2.24) is 10.2 Å². The van der Waals surface area contributed by atoms with Gasteiger partial charge in [0.25, 0.3) is 0 Å². The molecule has 0 aliphatic heterocycles. The lowest BCUT2D eigenvalue weighted by Crippen LogP contribution is -2.49. The van der Waals surface area contributed by atoms with E-state index < -0.39 is 17.8 Å². The van der Waals surface area contributed by atoms with E-state index in [-0.39, 0.29) is 35.5 Å². The average molecular weight is 460 g/mol. The number of hydrogen-bond acceptors (Lipinski definition) is 2. The molecule has 0 aromatic heterocycles. The third kappa shape index (κ3) is 6.33. The molecule has 2 amide bonds. The Morgan fingerprint density at radius 1 is 1.07 bits per heavy atom. The van der Waals surface area contributed by atoms with Crippen LogP contribution in [0.4, 0.5) is 4.39 Å². The highest BCUT2D eigenvalue weighted by Crippen LogP contribution is 2.25. The smallest absolute Gasteiger partial charge is 0.242 e. The lowest BCUT2D eigenvalue weighted by Gasteiger charge is -2.30. The van der Waals surface area contributed by atoms with Crippen LogP contribution >= 0.6 is 34.8 Å². The van der Waals surface area contributed by atoms with Crippen molar-refractivity contribution in [2.24, 2.45) is 0 Å². The van der Waals surface area contributed by atoms with Crippen molar-refractivity contribution < 1.29 is 14.0 Å². The minimum atomic E-state index is -0.804. The van der Waals surface area contributed by atoms with Crippen molar-refractivity contribution in [2.75, 3.05) is 0 Å². The lowest BCUT2D eigenvalue weighted by molar-refractivity contribution is -0.140. The highest BCUT2D eigenvalue weighted by atomic mass is 35.5. The van der Waals surface area contributed by atoms with Gasteiger partial charge in [0.15, 0.2) is 0 Å². The molecular formula is C21H22Cl3FN2O2. The second-order valence-electron chi connectivity index (χ2n) is 6.97. The molecule has 2 aromatic rings. The second kappa shape index (κ2) is 10.3. The summed E-state index contributed by atoms with van der Waals surface area (Å²) >= 11 is 18.3. The molecule has 0 fully saturated rings. The Kier molecular flexibility index (Phi) is 8.32. The van der Waals surface area contributed by atoms with Crippen molar-refractivity contribution >= 4 is 46.6 Å². The maximum absolute atomic E-state index is 14.2. The molecule has 1 atom stereocenters. The summed E-state index contributed by atoms with van der Waals surface area (Å²) in [4.78, 5) is 27.0. The fraction of sp³-hybridized carbons (Fsp3) is 0.333. The van der Waals surface area contributed by atoms with E-state index in [0.717, 1.165) is 0 Å². The Balaban J connectivity index is 2.34. The van der Waals surface area contributed by atoms with Crippen LogP contribution < -0.4 is 5.32 Å². The minimum Gasteiger partial charge on any atom is -0.352 e. The maximum Gasteiger partial charge on any atom is 0.242 e. The summed E-state index contributed by atoms with van der Waals surface area (Å²) in [5.41, 5.74) is 0.705. The number of hydrogen-bond donors (Lipinski definition) is 1. The van der Waals surface area contributed by atoms with Gasteiger partial charge in [0.2, 0.25) is 11.8 Å². The van der Waals surface area contributed by atoms with Crippen LogP contribution in [0, 0.1) is 5.82 Å². The SMILES string of the molecule is CC(C)NC(=O)[C@H](C)N(Cc1ccc(Cl)cc1Cl)C(=O)Cc1c(F)cccc1Cl. The van der Waals surface area contributed by atoms with E-state index in [2.05, 4.69) is 5.32 Å². The van der Waals surface area contributed by atoms with E-state index in [1.54, 1.807) is 25.1 Å². The topological polar surface area (TPSA) is 49.4 Å². The molecule has 0 unspecified atom stereocenters. The van der Waals surface area contributed by atoms with Crippen LogP contribution in [0.25, 0.3) is 0 Å². The van der Waals surface area contributed by atoms with Gasteiger partial charge in [-0.1, -0.05) is 46.9 Å². The van der Waals surface area contributed by atoms with E-state index in [4.69, 9.17) is 34.8 Å². The van der Waals surface area contributed by atoms with Crippen molar-refractivity contribution in [3.8, 4) is 0 Å². The lowest BCUT2D eigenvalue weighted by atomic mass is 10.1. The fourth-order valence-electron chi connectivity index (χ4n) is 2.78. The third-order valence-corrected chi connectivity index (χ3v) is 5.28. The van der Waals surface area contributed by atoms with Crippen molar-refractivity contribution in [3.63, 3.8) is 0 Å². The Bertz CT molecular complexity index is 885. The predicted molar refractivity (Wildman–Crippen MR) is 115 cm³/mol. The molecule has 1 N–H and O–H groups in total. The summed E-state index contributed by atoms with van der Waals surface area (Å²) in [7, 11) is 0. The highest BCUT2D eigenvalue weighted by molar-refractivity contribution is 6.35. The van der Waals surface area contributed by atoms with Crippen LogP contribution in [0.1, 0.15) is 31.9 Å². The van der Waals surface area contributed by atoms with Crippen LogP contribution in [-0.4, -0.2) is 28.8 Å². The number of nitrogens with zero attached hydrogens (tertiary/aromatic N) is 1. The van der Waals surface area contributed by atoms with Gasteiger partial charge in [0.1, 0.15) is 11.9 Å². The Morgan fingerprint density at radius 2 is 1.76 bits per heavy atom. The molecule has 2 aromatic carbocycles. The first kappa shape index (κ1) is 23.5. The van der Waals surface area contributed by atoms with Gasteiger partial charge >= 0.3 is 0 Å². The van der Waals surface area contributed by atoms with Crippen molar-refractivity contribution in [3.05, 3.63) is 68.4 Å². The van der Waals surface area contributed by atoms with Gasteiger partial charge in [-0.05, 0) is 50.6 Å². The minimum absolute atomic E-state index is 0.0631. The van der Waals surface area contributed by atoms with Gasteiger partial charge in [-0.2, -0.15) is 0 Å². The Hall–Kier alpha value is -1.82. The quantitative estimate of drug-likeness (QED) is 0.613. The van der Waals surface area contributed by atoms with Crippen LogP contribution in [0.2, 0.25) is 15.1 Å². The standard InChI is InChI=1S/C21H22Cl3FN2O2/c1-12(2)26-21(29)13(3)27(11-14-7-8-15(22)9-18(14)24)20(28)10-16-17(23)5-4-6-19(16)25/h4-9,12-13H,10-11H2,1-3H3,(H,26,29)/t13-/m0/s1. The second-order valence-corrected chi connectivity index (χ2v) is 8.22. The van der Waals surface area contributed by atoms with Gasteiger partial charge in [-0.3, -0.25) is 9.59 Å². The van der Waals surface area contributed by atoms with Gasteiger partial charge in [0, 0.05) is 33.2 Å². The zero-order chi connectivity index (χ0) is 21.7. The summed E-state index contributed by atoms with van der Waals surface area (Å²) in [6.07, 6.45) is -0.282. The first-order valence-corrected chi connectivity index (χ1v) is 10.2. The third-order valence-electron chi connectivity index (χ3n) is 4.34. The molecule has 2 rings (SSSR count). The monoisotopic (exact) mass is 458 g/mol. The van der Waals surface area contributed by atoms with Crippen LogP contribution in [0.3, 0.4) is 0 Å².